The average Bonchev–Trinajstić information content (AvgIpc) is 2.22. The van der Waals surface area contributed by atoms with E-state index in [0.29, 0.717) is 18.5 Å². The van der Waals surface area contributed by atoms with Gasteiger partial charge in [0.2, 0.25) is 5.91 Å². The van der Waals surface area contributed by atoms with Crippen LogP contribution < -0.4 is 11.3 Å². The van der Waals surface area contributed by atoms with E-state index in [4.69, 9.17) is 5.84 Å². The molecule has 0 aliphatic carbocycles. The SMILES string of the molecule is CCC(C)N(C)C(C)CCC(=O)NN. The van der Waals surface area contributed by atoms with E-state index in [1.807, 2.05) is 0 Å². The van der Waals surface area contributed by atoms with Crippen LogP contribution in [0.1, 0.15) is 40.0 Å². The summed E-state index contributed by atoms with van der Waals surface area (Å²) in [6.45, 7) is 6.50. The van der Waals surface area contributed by atoms with Crippen molar-refractivity contribution in [3.8, 4) is 0 Å². The lowest BCUT2D eigenvalue weighted by Gasteiger charge is -2.30. The molecule has 3 N–H and O–H groups in total. The van der Waals surface area contributed by atoms with E-state index < -0.39 is 0 Å². The molecule has 0 heterocycles. The Balaban J connectivity index is 3.83. The fourth-order valence-corrected chi connectivity index (χ4v) is 1.34. The van der Waals surface area contributed by atoms with Gasteiger partial charge in [0, 0.05) is 18.5 Å². The normalized spacial score (nSPS) is 15.3. The number of hydrogen-bond donors (Lipinski definition) is 2. The highest BCUT2D eigenvalue weighted by molar-refractivity contribution is 5.75. The van der Waals surface area contributed by atoms with Gasteiger partial charge < -0.3 is 4.90 Å². The van der Waals surface area contributed by atoms with Gasteiger partial charge in [0.15, 0.2) is 0 Å². The standard InChI is InChI=1S/C10H23N3O/c1-5-8(2)13(4)9(3)6-7-10(14)12-11/h8-9H,5-7,11H2,1-4H3,(H,12,14). The third-order valence-corrected chi connectivity index (χ3v) is 2.93. The van der Waals surface area contributed by atoms with Gasteiger partial charge >= 0.3 is 0 Å². The third-order valence-electron chi connectivity index (χ3n) is 2.93. The maximum atomic E-state index is 10.9. The van der Waals surface area contributed by atoms with E-state index in [1.54, 1.807) is 0 Å². The van der Waals surface area contributed by atoms with Crippen LogP contribution in [0.25, 0.3) is 0 Å². The van der Waals surface area contributed by atoms with Crippen molar-refractivity contribution in [1.29, 1.82) is 0 Å². The van der Waals surface area contributed by atoms with Crippen LogP contribution in [-0.2, 0) is 4.79 Å². The van der Waals surface area contributed by atoms with Crippen LogP contribution in [0, 0.1) is 0 Å². The Hall–Kier alpha value is -0.610. The summed E-state index contributed by atoms with van der Waals surface area (Å²) in [7, 11) is 2.10. The first-order chi connectivity index (χ1) is 6.52. The van der Waals surface area contributed by atoms with Gasteiger partial charge in [-0.2, -0.15) is 0 Å². The highest BCUT2D eigenvalue weighted by Gasteiger charge is 2.14. The molecule has 14 heavy (non-hydrogen) atoms. The zero-order valence-corrected chi connectivity index (χ0v) is 9.71. The first kappa shape index (κ1) is 13.4. The summed E-state index contributed by atoms with van der Waals surface area (Å²) in [5.74, 6) is 4.92. The van der Waals surface area contributed by atoms with Crippen molar-refractivity contribution >= 4 is 5.91 Å². The largest absolute Gasteiger partial charge is 0.301 e. The summed E-state index contributed by atoms with van der Waals surface area (Å²) >= 11 is 0. The van der Waals surface area contributed by atoms with Gasteiger partial charge in [0.05, 0.1) is 0 Å². The van der Waals surface area contributed by atoms with E-state index in [0.717, 1.165) is 12.8 Å². The number of nitrogens with zero attached hydrogens (tertiary/aromatic N) is 1. The van der Waals surface area contributed by atoms with Gasteiger partial charge in [-0.3, -0.25) is 10.2 Å². The Morgan fingerprint density at radius 3 is 2.43 bits per heavy atom. The Kier molecular flexibility index (Phi) is 6.49. The number of hydrogen-bond acceptors (Lipinski definition) is 3. The van der Waals surface area contributed by atoms with Crippen molar-refractivity contribution in [2.45, 2.75) is 52.1 Å². The van der Waals surface area contributed by atoms with E-state index in [1.165, 1.54) is 0 Å². The highest BCUT2D eigenvalue weighted by Crippen LogP contribution is 2.10. The van der Waals surface area contributed by atoms with Crippen molar-refractivity contribution in [1.82, 2.24) is 10.3 Å². The first-order valence-corrected chi connectivity index (χ1v) is 5.24. The molecule has 2 unspecified atom stereocenters. The van der Waals surface area contributed by atoms with E-state index in [2.05, 4.69) is 38.1 Å². The minimum absolute atomic E-state index is 0.0885. The zero-order valence-electron chi connectivity index (χ0n) is 9.71. The molecule has 0 saturated carbocycles. The Morgan fingerprint density at radius 2 is 2.00 bits per heavy atom. The summed E-state index contributed by atoms with van der Waals surface area (Å²) in [5.41, 5.74) is 2.15. The van der Waals surface area contributed by atoms with Crippen LogP contribution in [0.15, 0.2) is 0 Å². The van der Waals surface area contributed by atoms with Gasteiger partial charge in [0.1, 0.15) is 0 Å². The second-order valence-corrected chi connectivity index (χ2v) is 3.88. The van der Waals surface area contributed by atoms with Crippen LogP contribution in [-0.4, -0.2) is 29.9 Å². The molecular formula is C10H23N3O. The number of carbonyl (C=O) groups is 1. The van der Waals surface area contributed by atoms with Gasteiger partial charge in [-0.1, -0.05) is 6.92 Å². The molecule has 0 rings (SSSR count). The zero-order chi connectivity index (χ0) is 11.1. The third kappa shape index (κ3) is 4.58. The van der Waals surface area contributed by atoms with Gasteiger partial charge in [0.25, 0.3) is 0 Å². The fraction of sp³-hybridized carbons (Fsp3) is 0.900. The molecule has 0 bridgehead atoms. The smallest absolute Gasteiger partial charge is 0.233 e. The van der Waals surface area contributed by atoms with E-state index in [-0.39, 0.29) is 5.91 Å². The molecule has 0 aliphatic rings. The maximum Gasteiger partial charge on any atom is 0.233 e. The van der Waals surface area contributed by atoms with Crippen molar-refractivity contribution in [2.75, 3.05) is 7.05 Å². The molecule has 84 valence electrons. The molecular weight excluding hydrogens is 178 g/mol. The minimum atomic E-state index is -0.0885. The molecule has 0 saturated heterocycles. The summed E-state index contributed by atoms with van der Waals surface area (Å²) < 4.78 is 0. The minimum Gasteiger partial charge on any atom is -0.301 e. The van der Waals surface area contributed by atoms with E-state index >= 15 is 0 Å². The summed E-state index contributed by atoms with van der Waals surface area (Å²) in [6, 6.07) is 0.980. The number of rotatable bonds is 6. The molecule has 1 amide bonds. The molecule has 4 nitrogen and oxygen atoms in total. The van der Waals surface area contributed by atoms with Crippen LogP contribution in [0.3, 0.4) is 0 Å². The number of amides is 1. The fourth-order valence-electron chi connectivity index (χ4n) is 1.34. The predicted molar refractivity (Wildman–Crippen MR) is 58.5 cm³/mol. The molecule has 0 aliphatic heterocycles. The lowest BCUT2D eigenvalue weighted by atomic mass is 10.1. The van der Waals surface area contributed by atoms with E-state index in [9.17, 15) is 4.79 Å². The number of hydrazine groups is 1. The molecule has 4 heteroatoms. The second-order valence-electron chi connectivity index (χ2n) is 3.88. The maximum absolute atomic E-state index is 10.9. The van der Waals surface area contributed by atoms with Crippen molar-refractivity contribution in [3.05, 3.63) is 0 Å². The molecule has 2 atom stereocenters. The molecule has 0 aromatic heterocycles. The summed E-state index contributed by atoms with van der Waals surface area (Å²) in [5, 5.41) is 0. The quantitative estimate of drug-likeness (QED) is 0.381. The van der Waals surface area contributed by atoms with Crippen LogP contribution in [0.2, 0.25) is 0 Å². The van der Waals surface area contributed by atoms with Crippen molar-refractivity contribution in [3.63, 3.8) is 0 Å². The topological polar surface area (TPSA) is 58.4 Å². The number of nitrogens with two attached hydrogens (primary N) is 1. The molecule has 0 spiro atoms. The lowest BCUT2D eigenvalue weighted by Crippen LogP contribution is -2.38. The summed E-state index contributed by atoms with van der Waals surface area (Å²) in [6.07, 6.45) is 2.48. The molecule has 0 radical (unpaired) electrons. The van der Waals surface area contributed by atoms with Crippen molar-refractivity contribution in [2.24, 2.45) is 5.84 Å². The van der Waals surface area contributed by atoms with Crippen LogP contribution >= 0.6 is 0 Å². The summed E-state index contributed by atoms with van der Waals surface area (Å²) in [4.78, 5) is 13.2. The molecule has 0 fully saturated rings. The Labute approximate surface area is 86.8 Å². The second kappa shape index (κ2) is 6.79. The Bertz CT molecular complexity index is 173. The number of nitrogens with one attached hydrogen (secondary N) is 1. The first-order valence-electron chi connectivity index (χ1n) is 5.24. The molecule has 0 aromatic carbocycles. The van der Waals surface area contributed by atoms with Gasteiger partial charge in [-0.25, -0.2) is 5.84 Å². The van der Waals surface area contributed by atoms with Gasteiger partial charge in [-0.15, -0.1) is 0 Å². The van der Waals surface area contributed by atoms with Crippen LogP contribution in [0.5, 0.6) is 0 Å². The Morgan fingerprint density at radius 1 is 1.43 bits per heavy atom. The van der Waals surface area contributed by atoms with Crippen molar-refractivity contribution < 1.29 is 4.79 Å². The monoisotopic (exact) mass is 201 g/mol. The molecule has 0 aromatic rings. The highest BCUT2D eigenvalue weighted by atomic mass is 16.2. The van der Waals surface area contributed by atoms with Crippen LogP contribution in [0.4, 0.5) is 0 Å². The van der Waals surface area contributed by atoms with Gasteiger partial charge in [-0.05, 0) is 33.7 Å². The predicted octanol–water partition coefficient (Wildman–Crippen LogP) is 0.875. The number of carbonyl (C=O) groups excluding carboxylic acids is 1. The lowest BCUT2D eigenvalue weighted by molar-refractivity contribution is -0.121. The average molecular weight is 201 g/mol.